The van der Waals surface area contributed by atoms with E-state index in [9.17, 15) is 14.4 Å². The van der Waals surface area contributed by atoms with Gasteiger partial charge in [-0.15, -0.1) is 21.5 Å². The van der Waals surface area contributed by atoms with Crippen LogP contribution in [0.4, 0.5) is 10.7 Å². The zero-order chi connectivity index (χ0) is 25.7. The molecule has 1 aliphatic carbocycles. The van der Waals surface area contributed by atoms with Gasteiger partial charge in [0.15, 0.2) is 11.0 Å². The van der Waals surface area contributed by atoms with Crippen molar-refractivity contribution in [3.05, 3.63) is 40.3 Å². The first-order valence-corrected chi connectivity index (χ1v) is 13.8. The smallest absolute Gasteiger partial charge is 0.341 e. The van der Waals surface area contributed by atoms with Gasteiger partial charge < -0.3 is 19.9 Å². The number of nitrogens with one attached hydrogen (secondary N) is 2. The molecule has 0 unspecified atom stereocenters. The van der Waals surface area contributed by atoms with Crippen LogP contribution < -0.4 is 10.6 Å². The largest absolute Gasteiger partial charge is 0.462 e. The molecule has 0 saturated carbocycles. The van der Waals surface area contributed by atoms with Crippen molar-refractivity contribution >= 4 is 51.6 Å². The van der Waals surface area contributed by atoms with Crippen LogP contribution in [0.25, 0.3) is 11.4 Å². The van der Waals surface area contributed by atoms with E-state index in [-0.39, 0.29) is 30.1 Å². The Morgan fingerprint density at radius 3 is 2.53 bits per heavy atom. The number of carbonyl (C=O) groups is 3. The number of ether oxygens (including phenoxy) is 1. The number of esters is 1. The molecule has 0 atom stereocenters. The summed E-state index contributed by atoms with van der Waals surface area (Å²) in [6, 6.07) is 7.37. The van der Waals surface area contributed by atoms with Gasteiger partial charge in [0.25, 0.3) is 0 Å². The van der Waals surface area contributed by atoms with Crippen LogP contribution in [0.1, 0.15) is 54.4 Å². The van der Waals surface area contributed by atoms with Crippen LogP contribution in [-0.2, 0) is 33.7 Å². The Balaban J connectivity index is 1.46. The predicted octanol–water partition coefficient (Wildman–Crippen LogP) is 4.77. The molecule has 0 radical (unpaired) electrons. The van der Waals surface area contributed by atoms with Gasteiger partial charge in [0.05, 0.1) is 17.9 Å². The number of nitrogens with zero attached hydrogens (tertiary/aromatic N) is 3. The number of hydrogen-bond donors (Lipinski definition) is 2. The van der Waals surface area contributed by atoms with Crippen molar-refractivity contribution in [1.29, 1.82) is 0 Å². The maximum absolute atomic E-state index is 12.9. The van der Waals surface area contributed by atoms with Gasteiger partial charge in [0, 0.05) is 29.6 Å². The van der Waals surface area contributed by atoms with Crippen molar-refractivity contribution in [2.45, 2.75) is 58.2 Å². The van der Waals surface area contributed by atoms with Gasteiger partial charge in [-0.3, -0.25) is 9.59 Å². The van der Waals surface area contributed by atoms with Gasteiger partial charge in [0.1, 0.15) is 5.00 Å². The Hall–Kier alpha value is -3.18. The number of thioether (sulfide) groups is 1. The van der Waals surface area contributed by atoms with Crippen LogP contribution in [0.5, 0.6) is 0 Å². The van der Waals surface area contributed by atoms with E-state index < -0.39 is 0 Å². The fourth-order valence-electron chi connectivity index (χ4n) is 4.17. The number of aromatic nitrogens is 3. The summed E-state index contributed by atoms with van der Waals surface area (Å²) in [6.45, 7) is 6.15. The highest BCUT2D eigenvalue weighted by Gasteiger charge is 2.27. The monoisotopic (exact) mass is 527 g/mol. The van der Waals surface area contributed by atoms with E-state index in [1.165, 1.54) is 30.0 Å². The third-order valence-electron chi connectivity index (χ3n) is 5.73. The Bertz CT molecular complexity index is 1270. The third-order valence-corrected chi connectivity index (χ3v) is 7.91. The Labute approximate surface area is 218 Å². The highest BCUT2D eigenvalue weighted by Crippen LogP contribution is 2.38. The maximum atomic E-state index is 12.9. The lowest BCUT2D eigenvalue weighted by atomic mass is 9.95. The van der Waals surface area contributed by atoms with E-state index in [0.717, 1.165) is 41.7 Å². The minimum absolute atomic E-state index is 0.129. The highest BCUT2D eigenvalue weighted by atomic mass is 32.2. The van der Waals surface area contributed by atoms with Gasteiger partial charge in [-0.05, 0) is 69.4 Å². The molecule has 36 heavy (non-hydrogen) atoms. The molecule has 1 aromatic carbocycles. The van der Waals surface area contributed by atoms with Crippen molar-refractivity contribution in [1.82, 2.24) is 14.8 Å². The molecule has 0 aliphatic heterocycles. The number of amides is 2. The lowest BCUT2D eigenvalue weighted by molar-refractivity contribution is -0.114. The van der Waals surface area contributed by atoms with Crippen molar-refractivity contribution in [3.8, 4) is 11.4 Å². The van der Waals surface area contributed by atoms with Crippen LogP contribution in [-0.4, -0.2) is 44.9 Å². The summed E-state index contributed by atoms with van der Waals surface area (Å²) in [7, 11) is 0. The number of hydrogen-bond acceptors (Lipinski definition) is 8. The highest BCUT2D eigenvalue weighted by molar-refractivity contribution is 7.99. The molecule has 4 rings (SSSR count). The Kier molecular flexibility index (Phi) is 8.42. The lowest BCUT2D eigenvalue weighted by Gasteiger charge is -2.12. The predicted molar refractivity (Wildman–Crippen MR) is 142 cm³/mol. The van der Waals surface area contributed by atoms with Gasteiger partial charge >= 0.3 is 5.97 Å². The molecule has 11 heteroatoms. The van der Waals surface area contributed by atoms with Gasteiger partial charge in [-0.25, -0.2) is 4.79 Å². The molecular weight excluding hydrogens is 498 g/mol. The van der Waals surface area contributed by atoms with Crippen LogP contribution in [0.3, 0.4) is 0 Å². The zero-order valence-electron chi connectivity index (χ0n) is 20.6. The second-order valence-corrected chi connectivity index (χ2v) is 10.3. The van der Waals surface area contributed by atoms with Crippen LogP contribution in [0.15, 0.2) is 29.4 Å². The fraction of sp³-hybridized carbons (Fsp3) is 0.400. The summed E-state index contributed by atoms with van der Waals surface area (Å²) in [5, 5.41) is 15.5. The quantitative estimate of drug-likeness (QED) is 0.304. The van der Waals surface area contributed by atoms with E-state index in [1.54, 1.807) is 6.92 Å². The second kappa shape index (κ2) is 11.7. The summed E-state index contributed by atoms with van der Waals surface area (Å²) in [6.07, 6.45) is 3.87. The molecule has 1 aliphatic rings. The van der Waals surface area contributed by atoms with E-state index in [0.29, 0.717) is 33.8 Å². The molecule has 190 valence electrons. The van der Waals surface area contributed by atoms with Crippen molar-refractivity contribution < 1.29 is 19.1 Å². The average Bonchev–Trinajstić information content (AvgIpc) is 3.43. The molecule has 0 bridgehead atoms. The van der Waals surface area contributed by atoms with Crippen molar-refractivity contribution in [2.24, 2.45) is 0 Å². The van der Waals surface area contributed by atoms with E-state index in [2.05, 4.69) is 20.8 Å². The number of carbonyl (C=O) groups excluding carboxylic acids is 3. The SMILES string of the molecule is CCOC(=O)c1c(NC(=O)CSc2nnc(-c3ccc(NC(C)=O)cc3)n2CC)sc2c1CCCC2. The Morgan fingerprint density at radius 2 is 1.83 bits per heavy atom. The first-order chi connectivity index (χ1) is 17.4. The van der Waals surface area contributed by atoms with Crippen LogP contribution in [0.2, 0.25) is 0 Å². The van der Waals surface area contributed by atoms with E-state index >= 15 is 0 Å². The molecule has 2 heterocycles. The standard InChI is InChI=1S/C25H29N5O4S2/c1-4-30-22(16-10-12-17(13-11-16)26-15(3)31)28-29-25(30)35-14-20(32)27-23-21(24(33)34-5-2)18-8-6-7-9-19(18)36-23/h10-13H,4-9,14H2,1-3H3,(H,26,31)(H,27,32). The second-order valence-electron chi connectivity index (χ2n) is 8.28. The minimum atomic E-state index is -0.375. The number of benzene rings is 1. The fourth-order valence-corrected chi connectivity index (χ4v) is 6.26. The third kappa shape index (κ3) is 5.79. The summed E-state index contributed by atoms with van der Waals surface area (Å²) >= 11 is 2.77. The van der Waals surface area contributed by atoms with Crippen molar-refractivity contribution in [3.63, 3.8) is 0 Å². The molecule has 2 amide bonds. The number of rotatable bonds is 9. The minimum Gasteiger partial charge on any atom is -0.462 e. The summed E-state index contributed by atoms with van der Waals surface area (Å²) < 4.78 is 7.22. The number of thiophene rings is 1. The topological polar surface area (TPSA) is 115 Å². The van der Waals surface area contributed by atoms with Gasteiger partial charge in [-0.1, -0.05) is 11.8 Å². The normalized spacial score (nSPS) is 12.6. The van der Waals surface area contributed by atoms with E-state index in [4.69, 9.17) is 4.74 Å². The lowest BCUT2D eigenvalue weighted by Crippen LogP contribution is -2.17. The number of aryl methyl sites for hydroxylation is 1. The molecular formula is C25H29N5O4S2. The zero-order valence-corrected chi connectivity index (χ0v) is 22.2. The van der Waals surface area contributed by atoms with Crippen LogP contribution in [0, 0.1) is 0 Å². The molecule has 2 N–H and O–H groups in total. The summed E-state index contributed by atoms with van der Waals surface area (Å²) in [5.41, 5.74) is 3.10. The average molecular weight is 528 g/mol. The van der Waals surface area contributed by atoms with Crippen LogP contribution >= 0.6 is 23.1 Å². The van der Waals surface area contributed by atoms with Crippen molar-refractivity contribution in [2.75, 3.05) is 23.0 Å². The van der Waals surface area contributed by atoms with Gasteiger partial charge in [-0.2, -0.15) is 0 Å². The molecule has 9 nitrogen and oxygen atoms in total. The molecule has 3 aromatic rings. The summed E-state index contributed by atoms with van der Waals surface area (Å²) in [4.78, 5) is 37.9. The molecule has 0 spiro atoms. The number of fused-ring (bicyclic) bond motifs is 1. The maximum Gasteiger partial charge on any atom is 0.341 e. The van der Waals surface area contributed by atoms with Gasteiger partial charge in [0.2, 0.25) is 11.8 Å². The first-order valence-electron chi connectivity index (χ1n) is 12.0. The number of anilines is 2. The molecule has 0 fully saturated rings. The summed E-state index contributed by atoms with van der Waals surface area (Å²) in [5.74, 6) is 0.0966. The molecule has 2 aromatic heterocycles. The molecule has 0 saturated heterocycles. The first kappa shape index (κ1) is 25.9. The Morgan fingerprint density at radius 1 is 1.08 bits per heavy atom. The van der Waals surface area contributed by atoms with E-state index in [1.807, 2.05) is 35.8 Å².